The second-order valence-electron chi connectivity index (χ2n) is 5.98. The highest BCUT2D eigenvalue weighted by molar-refractivity contribution is 7.89. The van der Waals surface area contributed by atoms with Crippen molar-refractivity contribution >= 4 is 21.6 Å². The van der Waals surface area contributed by atoms with E-state index in [1.807, 2.05) is 19.3 Å². The monoisotopic (exact) mass is 353 g/mol. The summed E-state index contributed by atoms with van der Waals surface area (Å²) in [5.74, 6) is 0.138. The first kappa shape index (κ1) is 16.5. The maximum atomic E-state index is 13.0. The minimum Gasteiger partial charge on any atom is -0.276 e. The van der Waals surface area contributed by atoms with Gasteiger partial charge in [-0.2, -0.15) is 9.40 Å². The number of sulfonamides is 1. The number of piperidine rings is 1. The molecule has 23 heavy (non-hydrogen) atoms. The van der Waals surface area contributed by atoms with Crippen LogP contribution in [0.5, 0.6) is 0 Å². The van der Waals surface area contributed by atoms with Gasteiger partial charge in [0, 0.05) is 37.3 Å². The van der Waals surface area contributed by atoms with Crippen LogP contribution in [0, 0.1) is 6.92 Å². The second-order valence-corrected chi connectivity index (χ2v) is 8.29. The van der Waals surface area contributed by atoms with Crippen LogP contribution in [0.1, 0.15) is 30.0 Å². The van der Waals surface area contributed by atoms with Crippen LogP contribution in [0.3, 0.4) is 0 Å². The van der Waals surface area contributed by atoms with Crippen molar-refractivity contribution in [2.75, 3.05) is 13.1 Å². The first-order valence-electron chi connectivity index (χ1n) is 7.64. The van der Waals surface area contributed by atoms with Gasteiger partial charge in [-0.05, 0) is 43.5 Å². The maximum absolute atomic E-state index is 13.0. The first-order chi connectivity index (χ1) is 10.9. The molecule has 0 bridgehead atoms. The second kappa shape index (κ2) is 6.26. The van der Waals surface area contributed by atoms with Crippen molar-refractivity contribution in [3.05, 3.63) is 46.7 Å². The highest BCUT2D eigenvalue weighted by atomic mass is 35.5. The number of hydrogen-bond acceptors (Lipinski definition) is 3. The van der Waals surface area contributed by atoms with Crippen LogP contribution in [-0.4, -0.2) is 35.6 Å². The number of rotatable bonds is 3. The predicted molar refractivity (Wildman–Crippen MR) is 90.1 cm³/mol. The maximum Gasteiger partial charge on any atom is 0.243 e. The smallest absolute Gasteiger partial charge is 0.243 e. The first-order valence-corrected chi connectivity index (χ1v) is 9.46. The van der Waals surface area contributed by atoms with E-state index >= 15 is 0 Å². The van der Waals surface area contributed by atoms with Gasteiger partial charge in [-0.3, -0.25) is 4.68 Å². The van der Waals surface area contributed by atoms with E-state index in [1.54, 1.807) is 34.1 Å². The molecule has 0 N–H and O–H groups in total. The molecule has 3 rings (SSSR count). The number of aryl methyl sites for hydroxylation is 1. The number of hydrogen-bond donors (Lipinski definition) is 0. The summed E-state index contributed by atoms with van der Waals surface area (Å²) >= 11 is 6.09. The fraction of sp³-hybridized carbons (Fsp3) is 0.438. The van der Waals surface area contributed by atoms with Crippen molar-refractivity contribution in [3.8, 4) is 0 Å². The average molecular weight is 354 g/mol. The lowest BCUT2D eigenvalue weighted by Crippen LogP contribution is -2.39. The molecule has 0 amide bonds. The summed E-state index contributed by atoms with van der Waals surface area (Å²) in [5, 5.41) is 4.91. The molecule has 1 aromatic carbocycles. The normalized spacial score (nSPS) is 19.9. The van der Waals surface area contributed by atoms with Crippen LogP contribution in [0.2, 0.25) is 5.02 Å². The summed E-state index contributed by atoms with van der Waals surface area (Å²) in [6, 6.07) is 6.98. The Labute approximate surface area is 141 Å². The van der Waals surface area contributed by atoms with Gasteiger partial charge in [0.2, 0.25) is 10.0 Å². The summed E-state index contributed by atoms with van der Waals surface area (Å²) in [5.41, 5.74) is 1.56. The number of halogens is 1. The Morgan fingerprint density at radius 2 is 2.09 bits per heavy atom. The molecule has 2 heterocycles. The molecule has 0 saturated carbocycles. The number of nitrogens with zero attached hydrogens (tertiary/aromatic N) is 3. The Hall–Kier alpha value is -1.37. The molecule has 0 aliphatic carbocycles. The predicted octanol–water partition coefficient (Wildman–Crippen LogP) is 2.95. The van der Waals surface area contributed by atoms with Gasteiger partial charge >= 0.3 is 0 Å². The van der Waals surface area contributed by atoms with Gasteiger partial charge in [0.15, 0.2) is 0 Å². The Balaban J connectivity index is 1.89. The van der Waals surface area contributed by atoms with Crippen molar-refractivity contribution in [2.24, 2.45) is 7.05 Å². The van der Waals surface area contributed by atoms with E-state index in [4.69, 9.17) is 11.6 Å². The van der Waals surface area contributed by atoms with Crippen LogP contribution in [0.25, 0.3) is 0 Å². The third-order valence-electron chi connectivity index (χ3n) is 4.37. The van der Waals surface area contributed by atoms with E-state index in [1.165, 1.54) is 0 Å². The van der Waals surface area contributed by atoms with Gasteiger partial charge in [-0.15, -0.1) is 0 Å². The summed E-state index contributed by atoms with van der Waals surface area (Å²) in [7, 11) is -1.66. The van der Waals surface area contributed by atoms with Crippen LogP contribution in [0.4, 0.5) is 0 Å². The Morgan fingerprint density at radius 1 is 1.30 bits per heavy atom. The molecule has 2 aromatic rings. The van der Waals surface area contributed by atoms with Gasteiger partial charge in [-0.1, -0.05) is 17.7 Å². The van der Waals surface area contributed by atoms with Gasteiger partial charge < -0.3 is 0 Å². The van der Waals surface area contributed by atoms with Crippen molar-refractivity contribution in [1.82, 2.24) is 14.1 Å². The summed E-state index contributed by atoms with van der Waals surface area (Å²) in [6.45, 7) is 2.75. The largest absolute Gasteiger partial charge is 0.276 e. The SMILES string of the molecule is Cc1c(Cl)cccc1S(=O)(=O)N1CCC[C@H](c2ccn(C)n2)C1. The lowest BCUT2D eigenvalue weighted by atomic mass is 9.96. The minimum absolute atomic E-state index is 0.138. The quantitative estimate of drug-likeness (QED) is 0.852. The third-order valence-corrected chi connectivity index (χ3v) is 6.79. The summed E-state index contributed by atoms with van der Waals surface area (Å²) in [4.78, 5) is 0.298. The van der Waals surface area contributed by atoms with E-state index < -0.39 is 10.0 Å². The molecule has 1 fully saturated rings. The third kappa shape index (κ3) is 3.16. The molecule has 1 aromatic heterocycles. The van der Waals surface area contributed by atoms with Crippen LogP contribution < -0.4 is 0 Å². The van der Waals surface area contributed by atoms with Crippen LogP contribution >= 0.6 is 11.6 Å². The molecule has 124 valence electrons. The zero-order valence-electron chi connectivity index (χ0n) is 13.2. The zero-order chi connectivity index (χ0) is 16.6. The highest BCUT2D eigenvalue weighted by Crippen LogP contribution is 2.31. The lowest BCUT2D eigenvalue weighted by molar-refractivity contribution is 0.311. The molecule has 7 heteroatoms. The number of aromatic nitrogens is 2. The fourth-order valence-electron chi connectivity index (χ4n) is 3.06. The van der Waals surface area contributed by atoms with Gasteiger partial charge in [0.1, 0.15) is 0 Å². The van der Waals surface area contributed by atoms with Crippen molar-refractivity contribution in [2.45, 2.75) is 30.6 Å². The van der Waals surface area contributed by atoms with Gasteiger partial charge in [-0.25, -0.2) is 8.42 Å². The molecule has 1 aliphatic rings. The van der Waals surface area contributed by atoms with Crippen LogP contribution in [0.15, 0.2) is 35.4 Å². The molecule has 0 spiro atoms. The molecule has 1 aliphatic heterocycles. The van der Waals surface area contributed by atoms with E-state index in [0.717, 1.165) is 18.5 Å². The van der Waals surface area contributed by atoms with Crippen molar-refractivity contribution in [1.29, 1.82) is 0 Å². The molecule has 0 radical (unpaired) electrons. The molecular formula is C16H20ClN3O2S. The molecule has 0 unspecified atom stereocenters. The fourth-order valence-corrected chi connectivity index (χ4v) is 5.06. The molecule has 5 nitrogen and oxygen atoms in total. The van der Waals surface area contributed by atoms with Crippen molar-refractivity contribution in [3.63, 3.8) is 0 Å². The minimum atomic E-state index is -3.54. The molecule has 1 saturated heterocycles. The van der Waals surface area contributed by atoms with Crippen molar-refractivity contribution < 1.29 is 8.42 Å². The van der Waals surface area contributed by atoms with Gasteiger partial charge in [0.25, 0.3) is 0 Å². The topological polar surface area (TPSA) is 55.2 Å². The average Bonchev–Trinajstić information content (AvgIpc) is 2.96. The highest BCUT2D eigenvalue weighted by Gasteiger charge is 2.32. The lowest BCUT2D eigenvalue weighted by Gasteiger charge is -2.31. The molecule has 1 atom stereocenters. The Bertz CT molecular complexity index is 816. The van der Waals surface area contributed by atoms with Crippen LogP contribution in [-0.2, 0) is 17.1 Å². The zero-order valence-corrected chi connectivity index (χ0v) is 14.8. The van der Waals surface area contributed by atoms with E-state index in [9.17, 15) is 8.42 Å². The Kier molecular flexibility index (Phi) is 4.49. The van der Waals surface area contributed by atoms with Gasteiger partial charge in [0.05, 0.1) is 10.6 Å². The molecular weight excluding hydrogens is 334 g/mol. The van der Waals surface area contributed by atoms with E-state index in [-0.39, 0.29) is 5.92 Å². The van der Waals surface area contributed by atoms with E-state index in [0.29, 0.717) is 28.6 Å². The summed E-state index contributed by atoms with van der Waals surface area (Å²) in [6.07, 6.45) is 3.68. The van der Waals surface area contributed by atoms with E-state index in [2.05, 4.69) is 5.10 Å². The number of benzene rings is 1. The standard InChI is InChI=1S/C16H20ClN3O2S/c1-12-14(17)6-3-7-16(12)23(21,22)20-9-4-5-13(11-20)15-8-10-19(2)18-15/h3,6-8,10,13H,4-5,9,11H2,1-2H3/t13-/m0/s1. The Morgan fingerprint density at radius 3 is 2.78 bits per heavy atom. The summed E-state index contributed by atoms with van der Waals surface area (Å²) < 4.78 is 29.3.